The summed E-state index contributed by atoms with van der Waals surface area (Å²) < 4.78 is 0. The van der Waals surface area contributed by atoms with Crippen LogP contribution in [-0.2, 0) is 6.42 Å². The first-order valence-corrected chi connectivity index (χ1v) is 10.7. The predicted molar refractivity (Wildman–Crippen MR) is 120 cm³/mol. The lowest BCUT2D eigenvalue weighted by atomic mass is 9.99. The van der Waals surface area contributed by atoms with Gasteiger partial charge in [0.2, 0.25) is 0 Å². The molecule has 2 heterocycles. The van der Waals surface area contributed by atoms with Gasteiger partial charge in [0.25, 0.3) is 5.91 Å². The zero-order valence-electron chi connectivity index (χ0n) is 17.4. The van der Waals surface area contributed by atoms with Gasteiger partial charge in [-0.25, -0.2) is 9.97 Å². The summed E-state index contributed by atoms with van der Waals surface area (Å²) in [5, 5.41) is 3.06. The van der Waals surface area contributed by atoms with E-state index in [1.54, 1.807) is 12.4 Å². The Kier molecular flexibility index (Phi) is 6.50. The maximum atomic E-state index is 13.0. The number of benzene rings is 2. The van der Waals surface area contributed by atoms with Crippen molar-refractivity contribution in [3.05, 3.63) is 78.4 Å². The highest BCUT2D eigenvalue weighted by atomic mass is 16.1. The number of amides is 1. The summed E-state index contributed by atoms with van der Waals surface area (Å²) in [5.74, 6) is 0.724. The van der Waals surface area contributed by atoms with Crippen LogP contribution in [0.5, 0.6) is 0 Å². The van der Waals surface area contributed by atoms with Crippen LogP contribution in [0.4, 0.5) is 5.69 Å². The number of hydrogen-bond donors (Lipinski definition) is 1. The SMILES string of the molecule is CC1CCN(CCc2cccc(NC(=O)c3ccccc3-c3cncnc3)c2)CC1. The summed E-state index contributed by atoms with van der Waals surface area (Å²) in [6, 6.07) is 15.7. The molecule has 0 radical (unpaired) electrons. The van der Waals surface area contributed by atoms with Crippen LogP contribution < -0.4 is 5.32 Å². The van der Waals surface area contributed by atoms with Gasteiger partial charge in [-0.2, -0.15) is 0 Å². The van der Waals surface area contributed by atoms with Crippen molar-refractivity contribution < 1.29 is 4.79 Å². The topological polar surface area (TPSA) is 58.1 Å². The minimum atomic E-state index is -0.128. The molecule has 2 aromatic carbocycles. The molecular formula is C25H28N4O. The molecule has 1 amide bonds. The molecule has 0 unspecified atom stereocenters. The second-order valence-electron chi connectivity index (χ2n) is 8.10. The number of nitrogens with zero attached hydrogens (tertiary/aromatic N) is 3. The van der Waals surface area contributed by atoms with Gasteiger partial charge < -0.3 is 10.2 Å². The Labute approximate surface area is 178 Å². The van der Waals surface area contributed by atoms with Gasteiger partial charge in [-0.1, -0.05) is 37.3 Å². The van der Waals surface area contributed by atoms with Crippen molar-refractivity contribution in [3.8, 4) is 11.1 Å². The van der Waals surface area contributed by atoms with Crippen LogP contribution in [0.2, 0.25) is 0 Å². The molecule has 1 saturated heterocycles. The van der Waals surface area contributed by atoms with E-state index in [0.29, 0.717) is 5.56 Å². The lowest BCUT2D eigenvalue weighted by molar-refractivity contribution is 0.102. The standard InChI is InChI=1S/C25H28N4O/c1-19-9-12-29(13-10-19)14-11-20-5-4-6-22(15-20)28-25(30)24-8-3-2-7-23(24)21-16-26-18-27-17-21/h2-8,15-19H,9-14H2,1H3,(H,28,30). The fraction of sp³-hybridized carbons (Fsp3) is 0.320. The van der Waals surface area contributed by atoms with E-state index in [9.17, 15) is 4.79 Å². The molecule has 0 saturated carbocycles. The normalized spacial score (nSPS) is 15.1. The summed E-state index contributed by atoms with van der Waals surface area (Å²) in [6.45, 7) is 5.79. The first-order valence-electron chi connectivity index (χ1n) is 10.7. The van der Waals surface area contributed by atoms with Crippen molar-refractivity contribution in [2.45, 2.75) is 26.2 Å². The first kappa shape index (κ1) is 20.2. The average molecular weight is 401 g/mol. The molecule has 1 fully saturated rings. The van der Waals surface area contributed by atoms with Gasteiger partial charge in [0.1, 0.15) is 6.33 Å². The Morgan fingerprint density at radius 2 is 1.83 bits per heavy atom. The van der Waals surface area contributed by atoms with Gasteiger partial charge in [-0.05, 0) is 67.6 Å². The van der Waals surface area contributed by atoms with E-state index >= 15 is 0 Å². The van der Waals surface area contributed by atoms with Gasteiger partial charge in [-0.15, -0.1) is 0 Å². The molecule has 4 rings (SSSR count). The van der Waals surface area contributed by atoms with E-state index in [1.807, 2.05) is 36.4 Å². The second kappa shape index (κ2) is 9.63. The number of carbonyl (C=O) groups excluding carboxylic acids is 1. The molecule has 0 bridgehead atoms. The second-order valence-corrected chi connectivity index (χ2v) is 8.10. The van der Waals surface area contributed by atoms with E-state index < -0.39 is 0 Å². The average Bonchev–Trinajstić information content (AvgIpc) is 2.79. The Bertz CT molecular complexity index is 981. The minimum Gasteiger partial charge on any atom is -0.322 e. The molecule has 1 aliphatic heterocycles. The number of hydrogen-bond acceptors (Lipinski definition) is 4. The molecule has 5 nitrogen and oxygen atoms in total. The lowest BCUT2D eigenvalue weighted by Crippen LogP contribution is -2.34. The van der Waals surface area contributed by atoms with Crippen LogP contribution in [-0.4, -0.2) is 40.4 Å². The summed E-state index contributed by atoms with van der Waals surface area (Å²) in [5.41, 5.74) is 4.33. The zero-order chi connectivity index (χ0) is 20.8. The molecule has 0 spiro atoms. The third kappa shape index (κ3) is 5.10. The summed E-state index contributed by atoms with van der Waals surface area (Å²) in [7, 11) is 0. The van der Waals surface area contributed by atoms with Gasteiger partial charge in [0, 0.05) is 35.8 Å². The van der Waals surface area contributed by atoms with Gasteiger partial charge in [0.05, 0.1) is 0 Å². The van der Waals surface area contributed by atoms with Crippen LogP contribution in [0, 0.1) is 5.92 Å². The monoisotopic (exact) mass is 400 g/mol. The fourth-order valence-electron chi connectivity index (χ4n) is 3.95. The molecule has 0 atom stereocenters. The van der Waals surface area contributed by atoms with Crippen LogP contribution in [0.15, 0.2) is 67.3 Å². The van der Waals surface area contributed by atoms with Gasteiger partial charge in [0.15, 0.2) is 0 Å². The predicted octanol–water partition coefficient (Wildman–Crippen LogP) is 4.67. The van der Waals surface area contributed by atoms with Crippen molar-refractivity contribution in [2.75, 3.05) is 25.0 Å². The van der Waals surface area contributed by atoms with E-state index in [1.165, 1.54) is 37.8 Å². The number of nitrogens with one attached hydrogen (secondary N) is 1. The molecule has 1 aromatic heterocycles. The molecular weight excluding hydrogens is 372 g/mol. The van der Waals surface area contributed by atoms with Crippen molar-refractivity contribution in [2.24, 2.45) is 5.92 Å². The van der Waals surface area contributed by atoms with Gasteiger partial charge in [-0.3, -0.25) is 4.79 Å². The van der Waals surface area contributed by atoms with Gasteiger partial charge >= 0.3 is 0 Å². The van der Waals surface area contributed by atoms with E-state index in [-0.39, 0.29) is 5.91 Å². The van der Waals surface area contributed by atoms with E-state index in [2.05, 4.69) is 39.2 Å². The maximum Gasteiger partial charge on any atom is 0.256 e. The summed E-state index contributed by atoms with van der Waals surface area (Å²) in [4.78, 5) is 23.7. The third-order valence-electron chi connectivity index (χ3n) is 5.82. The number of anilines is 1. The smallest absolute Gasteiger partial charge is 0.256 e. The number of rotatable bonds is 6. The van der Waals surface area contributed by atoms with Crippen LogP contribution in [0.3, 0.4) is 0 Å². The highest BCUT2D eigenvalue weighted by Crippen LogP contribution is 2.23. The quantitative estimate of drug-likeness (QED) is 0.653. The maximum absolute atomic E-state index is 13.0. The van der Waals surface area contributed by atoms with Crippen molar-refractivity contribution in [1.82, 2.24) is 14.9 Å². The molecule has 0 aliphatic carbocycles. The molecule has 5 heteroatoms. The Balaban J connectivity index is 1.43. The number of aromatic nitrogens is 2. The molecule has 30 heavy (non-hydrogen) atoms. The van der Waals surface area contributed by atoms with Crippen LogP contribution in [0.1, 0.15) is 35.7 Å². The Morgan fingerprint density at radius 1 is 1.07 bits per heavy atom. The largest absolute Gasteiger partial charge is 0.322 e. The zero-order valence-corrected chi connectivity index (χ0v) is 17.4. The molecule has 3 aromatic rings. The van der Waals surface area contributed by atoms with Crippen molar-refractivity contribution in [1.29, 1.82) is 0 Å². The van der Waals surface area contributed by atoms with Crippen LogP contribution in [0.25, 0.3) is 11.1 Å². The van der Waals surface area contributed by atoms with Crippen LogP contribution >= 0.6 is 0 Å². The fourth-order valence-corrected chi connectivity index (χ4v) is 3.95. The highest BCUT2D eigenvalue weighted by Gasteiger charge is 2.16. The van der Waals surface area contributed by atoms with E-state index in [0.717, 1.165) is 35.7 Å². The number of likely N-dealkylation sites (tertiary alicyclic amines) is 1. The molecule has 1 N–H and O–H groups in total. The summed E-state index contributed by atoms with van der Waals surface area (Å²) in [6.07, 6.45) is 8.52. The number of carbonyl (C=O) groups is 1. The molecule has 1 aliphatic rings. The summed E-state index contributed by atoms with van der Waals surface area (Å²) >= 11 is 0. The number of piperidine rings is 1. The van der Waals surface area contributed by atoms with Crippen molar-refractivity contribution in [3.63, 3.8) is 0 Å². The lowest BCUT2D eigenvalue weighted by Gasteiger charge is -2.30. The highest BCUT2D eigenvalue weighted by molar-refractivity contribution is 6.08. The Morgan fingerprint density at radius 3 is 2.63 bits per heavy atom. The minimum absolute atomic E-state index is 0.128. The van der Waals surface area contributed by atoms with Crippen molar-refractivity contribution >= 4 is 11.6 Å². The van der Waals surface area contributed by atoms with E-state index in [4.69, 9.17) is 0 Å². The third-order valence-corrected chi connectivity index (χ3v) is 5.82. The Hall–Kier alpha value is -3.05. The first-order chi connectivity index (χ1) is 14.7. The molecule has 154 valence electrons.